The van der Waals surface area contributed by atoms with Crippen LogP contribution in [0.2, 0.25) is 0 Å². The van der Waals surface area contributed by atoms with Crippen molar-refractivity contribution in [1.82, 2.24) is 10.2 Å². The minimum absolute atomic E-state index is 0.268. The first-order chi connectivity index (χ1) is 9.77. The molecule has 0 radical (unpaired) electrons. The fraction of sp³-hybridized carbons (Fsp3) is 0.667. The summed E-state index contributed by atoms with van der Waals surface area (Å²) in [7, 11) is 0. The summed E-state index contributed by atoms with van der Waals surface area (Å²) in [6, 6.07) is 2.66. The first-order valence-electron chi connectivity index (χ1n) is 7.24. The minimum Gasteiger partial charge on any atom is -0.342 e. The molecule has 3 nitrogen and oxygen atoms in total. The average molecular weight is 438 g/mol. The molecule has 2 heterocycles. The van der Waals surface area contributed by atoms with Crippen molar-refractivity contribution in [3.05, 3.63) is 19.2 Å². The highest BCUT2D eigenvalue weighted by Gasteiger charge is 2.30. The molecular weight excluding hydrogens is 416 g/mol. The summed E-state index contributed by atoms with van der Waals surface area (Å²) < 4.78 is 2.26. The van der Waals surface area contributed by atoms with E-state index in [2.05, 4.69) is 43.2 Å². The summed E-state index contributed by atoms with van der Waals surface area (Å²) in [5, 5.41) is 3.61. The number of carbonyl (C=O) groups is 1. The summed E-state index contributed by atoms with van der Waals surface area (Å²) in [5.74, 6) is 0.270. The van der Waals surface area contributed by atoms with Crippen LogP contribution in [0.1, 0.15) is 38.5 Å². The van der Waals surface area contributed by atoms with Crippen molar-refractivity contribution in [3.8, 4) is 0 Å². The van der Waals surface area contributed by atoms with E-state index in [1.54, 1.807) is 11.3 Å². The van der Waals surface area contributed by atoms with E-state index in [1.165, 1.54) is 4.88 Å². The zero-order valence-electron chi connectivity index (χ0n) is 12.7. The Morgan fingerprint density at radius 3 is 2.48 bits per heavy atom. The zero-order valence-corrected chi connectivity index (χ0v) is 16.7. The number of hydrogen-bond donors (Lipinski definition) is 1. The van der Waals surface area contributed by atoms with E-state index in [4.69, 9.17) is 0 Å². The van der Waals surface area contributed by atoms with Crippen LogP contribution >= 0.6 is 43.2 Å². The van der Waals surface area contributed by atoms with Gasteiger partial charge in [0.1, 0.15) is 0 Å². The highest BCUT2D eigenvalue weighted by atomic mass is 79.9. The number of likely N-dealkylation sites (tertiary alicyclic amines) is 1. The number of halogens is 2. The highest BCUT2D eigenvalue weighted by Crippen LogP contribution is 2.32. The molecule has 0 atom stereocenters. The summed E-state index contributed by atoms with van der Waals surface area (Å²) in [4.78, 5) is 15.6. The van der Waals surface area contributed by atoms with Crippen LogP contribution in [0.3, 0.4) is 0 Å². The zero-order chi connectivity index (χ0) is 15.6. The summed E-state index contributed by atoms with van der Waals surface area (Å²) in [6.07, 6.45) is 2.07. The molecule has 118 valence electrons. The SMILES string of the molecule is CC(C)(C)C(=O)N1CCC(NCc2cc(Br)c(Br)s2)CC1. The minimum atomic E-state index is -0.268. The van der Waals surface area contributed by atoms with Crippen molar-refractivity contribution < 1.29 is 4.79 Å². The Hall–Kier alpha value is 0.0900. The third-order valence-corrected chi connectivity index (χ3v) is 6.94. The lowest BCUT2D eigenvalue weighted by molar-refractivity contribution is -0.140. The third kappa shape index (κ3) is 4.78. The molecule has 21 heavy (non-hydrogen) atoms. The van der Waals surface area contributed by atoms with Crippen molar-refractivity contribution in [3.63, 3.8) is 0 Å². The summed E-state index contributed by atoms with van der Waals surface area (Å²) in [6.45, 7) is 8.61. The van der Waals surface area contributed by atoms with Crippen LogP contribution in [0, 0.1) is 5.41 Å². The summed E-state index contributed by atoms with van der Waals surface area (Å²) >= 11 is 8.79. The molecule has 0 spiro atoms. The normalized spacial score (nSPS) is 17.3. The van der Waals surface area contributed by atoms with Gasteiger partial charge < -0.3 is 10.2 Å². The largest absolute Gasteiger partial charge is 0.342 e. The quantitative estimate of drug-likeness (QED) is 0.759. The number of amides is 1. The van der Waals surface area contributed by atoms with Gasteiger partial charge in [0.25, 0.3) is 0 Å². The molecule has 0 saturated carbocycles. The van der Waals surface area contributed by atoms with Gasteiger partial charge in [0.2, 0.25) is 5.91 Å². The monoisotopic (exact) mass is 436 g/mol. The van der Waals surface area contributed by atoms with E-state index in [1.807, 2.05) is 25.7 Å². The maximum Gasteiger partial charge on any atom is 0.227 e. The second-order valence-electron chi connectivity index (χ2n) is 6.53. The van der Waals surface area contributed by atoms with Gasteiger partial charge in [-0.05, 0) is 50.8 Å². The van der Waals surface area contributed by atoms with Gasteiger partial charge >= 0.3 is 0 Å². The topological polar surface area (TPSA) is 32.3 Å². The van der Waals surface area contributed by atoms with Crippen LogP contribution in [0.15, 0.2) is 14.3 Å². The highest BCUT2D eigenvalue weighted by molar-refractivity contribution is 9.13. The first kappa shape index (κ1) is 17.4. The summed E-state index contributed by atoms with van der Waals surface area (Å²) in [5.41, 5.74) is -0.268. The smallest absolute Gasteiger partial charge is 0.227 e. The van der Waals surface area contributed by atoms with Crippen LogP contribution in [0.4, 0.5) is 0 Å². The van der Waals surface area contributed by atoms with E-state index in [9.17, 15) is 4.79 Å². The molecule has 2 rings (SSSR count). The van der Waals surface area contributed by atoms with Crippen molar-refractivity contribution in [2.45, 2.75) is 46.2 Å². The molecule has 1 aromatic heterocycles. The Morgan fingerprint density at radius 2 is 2.00 bits per heavy atom. The third-order valence-electron chi connectivity index (χ3n) is 3.68. The lowest BCUT2D eigenvalue weighted by Gasteiger charge is -2.36. The Labute approximate surface area is 147 Å². The Balaban J connectivity index is 1.78. The number of nitrogens with zero attached hydrogens (tertiary/aromatic N) is 1. The molecule has 1 amide bonds. The Kier molecular flexibility index (Phi) is 5.91. The predicted octanol–water partition coefficient (Wildman–Crippen LogP) is 4.40. The molecule has 0 aliphatic carbocycles. The molecule has 0 aromatic carbocycles. The van der Waals surface area contributed by atoms with Gasteiger partial charge in [0.15, 0.2) is 0 Å². The van der Waals surface area contributed by atoms with Gasteiger partial charge in [0.05, 0.1) is 3.79 Å². The van der Waals surface area contributed by atoms with E-state index in [-0.39, 0.29) is 11.3 Å². The fourth-order valence-corrected chi connectivity index (χ4v) is 4.61. The number of nitrogens with one attached hydrogen (secondary N) is 1. The van der Waals surface area contributed by atoms with Crippen LogP contribution in [-0.4, -0.2) is 29.9 Å². The molecule has 1 aromatic rings. The molecule has 0 unspecified atom stereocenters. The fourth-order valence-electron chi connectivity index (χ4n) is 2.48. The molecule has 1 N–H and O–H groups in total. The molecule has 1 saturated heterocycles. The number of carbonyl (C=O) groups excluding carboxylic acids is 1. The second-order valence-corrected chi connectivity index (χ2v) is 9.84. The molecule has 1 aliphatic rings. The maximum absolute atomic E-state index is 12.2. The maximum atomic E-state index is 12.2. The molecule has 1 aliphatic heterocycles. The number of rotatable bonds is 3. The van der Waals surface area contributed by atoms with Crippen LogP contribution < -0.4 is 5.32 Å². The van der Waals surface area contributed by atoms with E-state index < -0.39 is 0 Å². The number of thiophene rings is 1. The number of piperidine rings is 1. The van der Waals surface area contributed by atoms with Gasteiger partial charge in [-0.1, -0.05) is 20.8 Å². The molecule has 6 heteroatoms. The molecule has 1 fully saturated rings. The van der Waals surface area contributed by atoms with E-state index >= 15 is 0 Å². The van der Waals surface area contributed by atoms with Crippen molar-refractivity contribution in [2.75, 3.05) is 13.1 Å². The van der Waals surface area contributed by atoms with E-state index in [0.717, 1.165) is 40.7 Å². The van der Waals surface area contributed by atoms with Gasteiger partial charge in [-0.25, -0.2) is 0 Å². The van der Waals surface area contributed by atoms with Crippen LogP contribution in [-0.2, 0) is 11.3 Å². The van der Waals surface area contributed by atoms with Crippen molar-refractivity contribution in [1.29, 1.82) is 0 Å². The van der Waals surface area contributed by atoms with Crippen molar-refractivity contribution in [2.24, 2.45) is 5.41 Å². The van der Waals surface area contributed by atoms with Gasteiger partial charge in [-0.2, -0.15) is 0 Å². The van der Waals surface area contributed by atoms with E-state index in [0.29, 0.717) is 6.04 Å². The standard InChI is InChI=1S/C15H22Br2N2OS/c1-15(2,3)14(20)19-6-4-10(5-7-19)18-9-11-8-12(16)13(17)21-11/h8,10,18H,4-7,9H2,1-3H3. The Morgan fingerprint density at radius 1 is 1.38 bits per heavy atom. The molecular formula is C15H22Br2N2OS. The lowest BCUT2D eigenvalue weighted by Crippen LogP contribution is -2.48. The Bertz CT molecular complexity index is 483. The molecule has 0 bridgehead atoms. The van der Waals surface area contributed by atoms with Gasteiger partial charge in [0, 0.05) is 40.4 Å². The van der Waals surface area contributed by atoms with Gasteiger partial charge in [-0.3, -0.25) is 4.79 Å². The van der Waals surface area contributed by atoms with Crippen LogP contribution in [0.5, 0.6) is 0 Å². The van der Waals surface area contributed by atoms with Crippen LogP contribution in [0.25, 0.3) is 0 Å². The second kappa shape index (κ2) is 7.11. The lowest BCUT2D eigenvalue weighted by atomic mass is 9.93. The number of hydrogen-bond acceptors (Lipinski definition) is 3. The predicted molar refractivity (Wildman–Crippen MR) is 95.6 cm³/mol. The average Bonchev–Trinajstić information content (AvgIpc) is 2.74. The first-order valence-corrected chi connectivity index (χ1v) is 9.64. The van der Waals surface area contributed by atoms with Gasteiger partial charge in [-0.15, -0.1) is 11.3 Å². The van der Waals surface area contributed by atoms with Crippen molar-refractivity contribution >= 4 is 49.1 Å².